The van der Waals surface area contributed by atoms with E-state index in [9.17, 15) is 14.4 Å². The Morgan fingerprint density at radius 3 is 2.50 bits per heavy atom. The second-order valence-corrected chi connectivity index (χ2v) is 7.38. The third kappa shape index (κ3) is 3.95. The van der Waals surface area contributed by atoms with E-state index in [0.717, 1.165) is 29.6 Å². The molecule has 1 saturated heterocycles. The van der Waals surface area contributed by atoms with Crippen molar-refractivity contribution in [2.45, 2.75) is 25.4 Å². The summed E-state index contributed by atoms with van der Waals surface area (Å²) in [6.07, 6.45) is 1.65. The number of nitrogens with zero attached hydrogens (tertiary/aromatic N) is 3. The molecule has 8 heteroatoms. The molecule has 30 heavy (non-hydrogen) atoms. The average Bonchev–Trinajstić information content (AvgIpc) is 3.23. The summed E-state index contributed by atoms with van der Waals surface area (Å²) in [7, 11) is 1.49. The SMILES string of the molecule is Cn1nc(C(=O)NNC(=O)C2CCCN2Cc2ccccc2)c2ccccc2c1=O. The van der Waals surface area contributed by atoms with Crippen molar-refractivity contribution < 1.29 is 9.59 Å². The monoisotopic (exact) mass is 405 g/mol. The van der Waals surface area contributed by atoms with Crippen LogP contribution in [0.15, 0.2) is 59.4 Å². The van der Waals surface area contributed by atoms with Crippen LogP contribution >= 0.6 is 0 Å². The van der Waals surface area contributed by atoms with Crippen LogP contribution in [0.25, 0.3) is 10.8 Å². The van der Waals surface area contributed by atoms with E-state index in [1.165, 1.54) is 7.05 Å². The van der Waals surface area contributed by atoms with Gasteiger partial charge in [0, 0.05) is 19.0 Å². The minimum atomic E-state index is -0.567. The molecule has 2 heterocycles. The number of nitrogens with one attached hydrogen (secondary N) is 2. The van der Waals surface area contributed by atoms with Crippen molar-refractivity contribution in [2.24, 2.45) is 7.05 Å². The molecule has 4 rings (SSSR count). The van der Waals surface area contributed by atoms with E-state index in [0.29, 0.717) is 17.3 Å². The minimum absolute atomic E-state index is 0.0839. The first-order valence-electron chi connectivity index (χ1n) is 9.89. The van der Waals surface area contributed by atoms with Gasteiger partial charge in [-0.05, 0) is 31.0 Å². The molecular weight excluding hydrogens is 382 g/mol. The molecule has 2 aromatic carbocycles. The summed E-state index contributed by atoms with van der Waals surface area (Å²) in [5, 5.41) is 4.92. The maximum Gasteiger partial charge on any atom is 0.290 e. The first kappa shape index (κ1) is 19.8. The number of carbonyl (C=O) groups excluding carboxylic acids is 2. The van der Waals surface area contributed by atoms with Crippen LogP contribution in [-0.2, 0) is 18.4 Å². The largest absolute Gasteiger partial charge is 0.290 e. The highest BCUT2D eigenvalue weighted by molar-refractivity contribution is 6.05. The number of carbonyl (C=O) groups is 2. The summed E-state index contributed by atoms with van der Waals surface area (Å²) in [6.45, 7) is 1.51. The van der Waals surface area contributed by atoms with Gasteiger partial charge >= 0.3 is 0 Å². The molecule has 0 radical (unpaired) electrons. The number of likely N-dealkylation sites (tertiary alicyclic amines) is 1. The molecule has 1 fully saturated rings. The third-order valence-corrected chi connectivity index (χ3v) is 5.37. The number of hydrogen-bond donors (Lipinski definition) is 2. The van der Waals surface area contributed by atoms with E-state index >= 15 is 0 Å². The molecule has 0 bridgehead atoms. The molecule has 2 amide bonds. The fourth-order valence-electron chi connectivity index (χ4n) is 3.86. The van der Waals surface area contributed by atoms with E-state index in [1.807, 2.05) is 30.3 Å². The van der Waals surface area contributed by atoms with Gasteiger partial charge in [-0.3, -0.25) is 30.1 Å². The van der Waals surface area contributed by atoms with Gasteiger partial charge in [0.15, 0.2) is 5.69 Å². The quantitative estimate of drug-likeness (QED) is 0.639. The van der Waals surface area contributed by atoms with Crippen molar-refractivity contribution >= 4 is 22.6 Å². The van der Waals surface area contributed by atoms with Crippen LogP contribution in [0.2, 0.25) is 0 Å². The van der Waals surface area contributed by atoms with Crippen molar-refractivity contribution in [1.82, 2.24) is 25.5 Å². The Bertz CT molecular complexity index is 1140. The fourth-order valence-corrected chi connectivity index (χ4v) is 3.86. The van der Waals surface area contributed by atoms with Crippen molar-refractivity contribution in [3.63, 3.8) is 0 Å². The molecule has 0 spiro atoms. The zero-order valence-corrected chi connectivity index (χ0v) is 16.7. The summed E-state index contributed by atoms with van der Waals surface area (Å²) >= 11 is 0. The highest BCUT2D eigenvalue weighted by Crippen LogP contribution is 2.20. The van der Waals surface area contributed by atoms with Gasteiger partial charge in [0.2, 0.25) is 0 Å². The Balaban J connectivity index is 1.45. The van der Waals surface area contributed by atoms with Gasteiger partial charge in [-0.2, -0.15) is 5.10 Å². The molecule has 1 atom stereocenters. The Labute approximate surface area is 173 Å². The highest BCUT2D eigenvalue weighted by Gasteiger charge is 2.31. The normalized spacial score (nSPS) is 16.5. The van der Waals surface area contributed by atoms with Crippen molar-refractivity contribution in [1.29, 1.82) is 0 Å². The van der Waals surface area contributed by atoms with Gasteiger partial charge in [0.05, 0.1) is 11.4 Å². The van der Waals surface area contributed by atoms with E-state index in [-0.39, 0.29) is 23.2 Å². The number of aromatic nitrogens is 2. The lowest BCUT2D eigenvalue weighted by atomic mass is 10.1. The van der Waals surface area contributed by atoms with E-state index in [1.54, 1.807) is 24.3 Å². The number of fused-ring (bicyclic) bond motifs is 1. The van der Waals surface area contributed by atoms with E-state index in [2.05, 4.69) is 20.9 Å². The van der Waals surface area contributed by atoms with Gasteiger partial charge in [-0.15, -0.1) is 0 Å². The number of aryl methyl sites for hydroxylation is 1. The lowest BCUT2D eigenvalue weighted by Gasteiger charge is -2.23. The molecule has 1 aliphatic rings. The summed E-state index contributed by atoms with van der Waals surface area (Å²) < 4.78 is 1.12. The van der Waals surface area contributed by atoms with Gasteiger partial charge in [-0.1, -0.05) is 48.5 Å². The summed E-state index contributed by atoms with van der Waals surface area (Å²) in [5.41, 5.74) is 5.93. The molecular formula is C22H23N5O3. The van der Waals surface area contributed by atoms with E-state index in [4.69, 9.17) is 0 Å². The predicted octanol–water partition coefficient (Wildman–Crippen LogP) is 1.36. The zero-order valence-electron chi connectivity index (χ0n) is 16.7. The van der Waals surface area contributed by atoms with Crippen LogP contribution in [0.4, 0.5) is 0 Å². The lowest BCUT2D eigenvalue weighted by molar-refractivity contribution is -0.126. The van der Waals surface area contributed by atoms with Gasteiger partial charge in [-0.25, -0.2) is 4.68 Å². The van der Waals surface area contributed by atoms with Gasteiger partial charge < -0.3 is 0 Å². The molecule has 0 aliphatic carbocycles. The van der Waals surface area contributed by atoms with E-state index < -0.39 is 5.91 Å². The number of hydrogen-bond acceptors (Lipinski definition) is 5. The standard InChI is InChI=1S/C22H23N5O3/c1-26-22(30)17-11-6-5-10-16(17)19(25-26)21(29)24-23-20(28)18-12-7-13-27(18)14-15-8-3-2-4-9-15/h2-6,8-11,18H,7,12-14H2,1H3,(H,23,28)(H,24,29). The first-order valence-corrected chi connectivity index (χ1v) is 9.89. The maximum absolute atomic E-state index is 12.7. The smallest absolute Gasteiger partial charge is 0.288 e. The number of rotatable bonds is 4. The van der Waals surface area contributed by atoms with Crippen LogP contribution in [0.1, 0.15) is 28.9 Å². The van der Waals surface area contributed by atoms with Crippen molar-refractivity contribution in [3.8, 4) is 0 Å². The fraction of sp³-hybridized carbons (Fsp3) is 0.273. The molecule has 2 N–H and O–H groups in total. The predicted molar refractivity (Wildman–Crippen MR) is 112 cm³/mol. The second kappa shape index (κ2) is 8.46. The van der Waals surface area contributed by atoms with Crippen LogP contribution in [-0.4, -0.2) is 39.1 Å². The van der Waals surface area contributed by atoms with Crippen LogP contribution in [0.5, 0.6) is 0 Å². The first-order chi connectivity index (χ1) is 14.5. The summed E-state index contributed by atoms with van der Waals surface area (Å²) in [5.74, 6) is -0.825. The Morgan fingerprint density at radius 1 is 1.03 bits per heavy atom. The van der Waals surface area contributed by atoms with Crippen molar-refractivity contribution in [3.05, 3.63) is 76.2 Å². The summed E-state index contributed by atoms with van der Waals surface area (Å²) in [6, 6.07) is 16.5. The van der Waals surface area contributed by atoms with Crippen LogP contribution < -0.4 is 16.4 Å². The van der Waals surface area contributed by atoms with Gasteiger partial charge in [0.1, 0.15) is 0 Å². The number of amides is 2. The van der Waals surface area contributed by atoms with Crippen LogP contribution in [0, 0.1) is 0 Å². The topological polar surface area (TPSA) is 96.3 Å². The summed E-state index contributed by atoms with van der Waals surface area (Å²) in [4.78, 5) is 39.8. The minimum Gasteiger partial charge on any atom is -0.288 e. The molecule has 154 valence electrons. The average molecular weight is 405 g/mol. The van der Waals surface area contributed by atoms with Crippen LogP contribution in [0.3, 0.4) is 0 Å². The third-order valence-electron chi connectivity index (χ3n) is 5.37. The molecule has 1 aromatic heterocycles. The number of benzene rings is 2. The second-order valence-electron chi connectivity index (χ2n) is 7.38. The molecule has 8 nitrogen and oxygen atoms in total. The highest BCUT2D eigenvalue weighted by atomic mass is 16.2. The Hall–Kier alpha value is -3.52. The Kier molecular flexibility index (Phi) is 5.58. The maximum atomic E-state index is 12.7. The molecule has 1 aliphatic heterocycles. The molecule has 0 saturated carbocycles. The zero-order chi connectivity index (χ0) is 21.1. The lowest BCUT2D eigenvalue weighted by Crippen LogP contribution is -2.50. The molecule has 3 aromatic rings. The number of hydrazine groups is 1. The van der Waals surface area contributed by atoms with Gasteiger partial charge in [0.25, 0.3) is 17.4 Å². The van der Waals surface area contributed by atoms with Crippen molar-refractivity contribution in [2.75, 3.05) is 6.54 Å². The Morgan fingerprint density at radius 2 is 1.73 bits per heavy atom. The molecule has 1 unspecified atom stereocenters.